The van der Waals surface area contributed by atoms with E-state index in [9.17, 15) is 4.39 Å². The molecule has 30 heavy (non-hydrogen) atoms. The van der Waals surface area contributed by atoms with Crippen LogP contribution in [0.5, 0.6) is 0 Å². The number of halogens is 1. The van der Waals surface area contributed by atoms with E-state index in [-0.39, 0.29) is 29.2 Å². The summed E-state index contributed by atoms with van der Waals surface area (Å²) in [6.45, 7) is 0.846. The highest BCUT2D eigenvalue weighted by Gasteiger charge is 2.22. The van der Waals surface area contributed by atoms with Gasteiger partial charge in [-0.15, -0.1) is 15.3 Å². The first kappa shape index (κ1) is 14.4. The van der Waals surface area contributed by atoms with Gasteiger partial charge >= 0.3 is 0 Å². The maximum absolute atomic E-state index is 14.2. The van der Waals surface area contributed by atoms with Crippen LogP contribution < -0.4 is 10.2 Å². The van der Waals surface area contributed by atoms with Gasteiger partial charge in [-0.1, -0.05) is 0 Å². The van der Waals surface area contributed by atoms with Crippen molar-refractivity contribution in [2.75, 3.05) is 16.7 Å². The standard InChI is InChI=1S/C21H21FN8/c1-12-6-19(17(22)9-23-12)26-16-7-15-10-29(5-4-18(15)24-8-16)21-14(3)13(2)20-27-25-11-30(20)28-21/h6-9,11H,4-5,10H2,1-3H3,(H,23,26)/i5D2,10D2. The van der Waals surface area contributed by atoms with Crippen molar-refractivity contribution in [1.29, 1.82) is 0 Å². The molecule has 5 heterocycles. The van der Waals surface area contributed by atoms with E-state index in [4.69, 9.17) is 5.48 Å². The summed E-state index contributed by atoms with van der Waals surface area (Å²) in [5.41, 5.74) is 3.44. The summed E-state index contributed by atoms with van der Waals surface area (Å²) in [5.74, 6) is -0.415. The molecule has 4 aromatic rings. The normalized spacial score (nSPS) is 18.9. The maximum Gasteiger partial charge on any atom is 0.180 e. The molecule has 0 radical (unpaired) electrons. The fourth-order valence-electron chi connectivity index (χ4n) is 3.31. The fourth-order valence-corrected chi connectivity index (χ4v) is 3.31. The van der Waals surface area contributed by atoms with E-state index in [1.807, 2.05) is 6.92 Å². The van der Waals surface area contributed by atoms with Crippen molar-refractivity contribution in [3.05, 3.63) is 64.7 Å². The summed E-state index contributed by atoms with van der Waals surface area (Å²) in [6, 6.07) is 3.07. The van der Waals surface area contributed by atoms with E-state index < -0.39 is 18.8 Å². The van der Waals surface area contributed by atoms with Gasteiger partial charge < -0.3 is 10.2 Å². The minimum absolute atomic E-state index is 0.139. The van der Waals surface area contributed by atoms with Gasteiger partial charge in [0.05, 0.1) is 26.5 Å². The molecular formula is C21H21FN8. The average molecular weight is 408 g/mol. The molecule has 0 fully saturated rings. The van der Waals surface area contributed by atoms with Crippen LogP contribution >= 0.6 is 0 Å². The van der Waals surface area contributed by atoms with Crippen LogP contribution in [0.15, 0.2) is 30.9 Å². The topological polar surface area (TPSA) is 84.1 Å². The number of anilines is 3. The lowest BCUT2D eigenvalue weighted by molar-refractivity contribution is 0.624. The number of hydrogen-bond acceptors (Lipinski definition) is 7. The summed E-state index contributed by atoms with van der Waals surface area (Å²) in [6.07, 6.45) is 3.78. The van der Waals surface area contributed by atoms with Crippen LogP contribution in [-0.2, 0) is 12.9 Å². The quantitative estimate of drug-likeness (QED) is 0.557. The Balaban J connectivity index is 1.63. The molecule has 0 spiro atoms. The van der Waals surface area contributed by atoms with Gasteiger partial charge in [-0.25, -0.2) is 4.39 Å². The van der Waals surface area contributed by atoms with Crippen molar-refractivity contribution in [3.8, 4) is 0 Å². The van der Waals surface area contributed by atoms with Crippen molar-refractivity contribution >= 4 is 22.8 Å². The molecule has 8 nitrogen and oxygen atoms in total. The number of pyridine rings is 2. The van der Waals surface area contributed by atoms with Gasteiger partial charge in [-0.3, -0.25) is 9.97 Å². The van der Waals surface area contributed by atoms with Crippen molar-refractivity contribution < 1.29 is 9.87 Å². The predicted molar refractivity (Wildman–Crippen MR) is 111 cm³/mol. The second-order valence-electron chi connectivity index (χ2n) is 7.10. The molecule has 0 aromatic carbocycles. The molecule has 0 bridgehead atoms. The number of nitrogens with one attached hydrogen (secondary N) is 1. The number of rotatable bonds is 3. The summed E-state index contributed by atoms with van der Waals surface area (Å²) in [7, 11) is 0. The fraction of sp³-hybridized carbons (Fsp3) is 0.286. The monoisotopic (exact) mass is 408 g/mol. The molecule has 4 aromatic heterocycles. The van der Waals surface area contributed by atoms with Crippen LogP contribution in [0.2, 0.25) is 0 Å². The highest BCUT2D eigenvalue weighted by molar-refractivity contribution is 5.62. The van der Waals surface area contributed by atoms with E-state index in [1.165, 1.54) is 23.1 Å². The molecule has 0 unspecified atom stereocenters. The lowest BCUT2D eigenvalue weighted by Gasteiger charge is -2.30. The molecular weight excluding hydrogens is 383 g/mol. The van der Waals surface area contributed by atoms with Crippen LogP contribution in [0.3, 0.4) is 0 Å². The van der Waals surface area contributed by atoms with Gasteiger partial charge in [0.1, 0.15) is 6.33 Å². The third-order valence-corrected chi connectivity index (χ3v) is 5.06. The number of aryl methyl sites for hydroxylation is 3. The van der Waals surface area contributed by atoms with Gasteiger partial charge in [0.25, 0.3) is 0 Å². The second kappa shape index (κ2) is 7.01. The van der Waals surface area contributed by atoms with Gasteiger partial charge in [-0.05, 0) is 38.5 Å². The van der Waals surface area contributed by atoms with Crippen LogP contribution in [0.25, 0.3) is 5.65 Å². The first-order valence-electron chi connectivity index (χ1n) is 11.3. The van der Waals surface area contributed by atoms with Gasteiger partial charge in [0.15, 0.2) is 17.3 Å². The second-order valence-corrected chi connectivity index (χ2v) is 7.10. The van der Waals surface area contributed by atoms with Crippen LogP contribution in [-0.4, -0.2) is 36.3 Å². The maximum atomic E-state index is 14.2. The molecule has 9 heteroatoms. The van der Waals surface area contributed by atoms with Gasteiger partial charge in [0, 0.05) is 44.7 Å². The van der Waals surface area contributed by atoms with E-state index in [0.29, 0.717) is 22.6 Å². The van der Waals surface area contributed by atoms with E-state index in [1.54, 1.807) is 19.9 Å². The zero-order valence-electron chi connectivity index (χ0n) is 20.6. The average Bonchev–Trinajstić information content (AvgIpc) is 3.23. The first-order valence-corrected chi connectivity index (χ1v) is 9.35. The van der Waals surface area contributed by atoms with E-state index in [2.05, 4.69) is 30.6 Å². The third kappa shape index (κ3) is 3.12. The number of hydrogen-bond donors (Lipinski definition) is 1. The van der Waals surface area contributed by atoms with Gasteiger partial charge in [-0.2, -0.15) is 4.52 Å². The highest BCUT2D eigenvalue weighted by atomic mass is 19.1. The summed E-state index contributed by atoms with van der Waals surface area (Å²) in [5, 5.41) is 15.2. The van der Waals surface area contributed by atoms with Crippen LogP contribution in [0, 0.1) is 26.6 Å². The third-order valence-electron chi connectivity index (χ3n) is 5.06. The van der Waals surface area contributed by atoms with Gasteiger partial charge in [0.2, 0.25) is 0 Å². The Morgan fingerprint density at radius 3 is 2.87 bits per heavy atom. The SMILES string of the molecule is [2H]C1([2H])Cc2ncc(Nc3cc(C)ncc3F)cc2C([2H])([2H])N1c1nn2cnnc2c(C)c1C. The summed E-state index contributed by atoms with van der Waals surface area (Å²) < 4.78 is 50.9. The van der Waals surface area contributed by atoms with E-state index in [0.717, 1.165) is 16.7 Å². The smallest absolute Gasteiger partial charge is 0.180 e. The Labute approximate surface area is 178 Å². The summed E-state index contributed by atoms with van der Waals surface area (Å²) >= 11 is 0. The molecule has 0 saturated heterocycles. The summed E-state index contributed by atoms with van der Waals surface area (Å²) in [4.78, 5) is 9.26. The Bertz CT molecular complexity index is 1440. The number of aromatic nitrogens is 6. The molecule has 0 saturated carbocycles. The molecule has 1 aliphatic rings. The lowest BCUT2D eigenvalue weighted by atomic mass is 10.0. The molecule has 152 valence electrons. The largest absolute Gasteiger partial charge is 0.352 e. The van der Waals surface area contributed by atoms with Crippen LogP contribution in [0.4, 0.5) is 21.6 Å². The molecule has 5 rings (SSSR count). The lowest BCUT2D eigenvalue weighted by Crippen LogP contribution is -2.32. The molecule has 0 amide bonds. The highest BCUT2D eigenvalue weighted by Crippen LogP contribution is 2.29. The first-order chi connectivity index (χ1) is 16.0. The predicted octanol–water partition coefficient (Wildman–Crippen LogP) is 3.28. The number of fused-ring (bicyclic) bond motifs is 2. The van der Waals surface area contributed by atoms with Crippen LogP contribution in [0.1, 0.15) is 33.6 Å². The molecule has 1 N–H and O–H groups in total. The van der Waals surface area contributed by atoms with Crippen molar-refractivity contribution in [2.45, 2.75) is 33.7 Å². The van der Waals surface area contributed by atoms with Crippen molar-refractivity contribution in [3.63, 3.8) is 0 Å². The van der Waals surface area contributed by atoms with E-state index >= 15 is 0 Å². The Morgan fingerprint density at radius 1 is 1.13 bits per heavy atom. The Hall–Kier alpha value is -3.62. The van der Waals surface area contributed by atoms with Crippen molar-refractivity contribution in [1.82, 2.24) is 29.8 Å². The Kier molecular flexibility index (Phi) is 3.36. The Morgan fingerprint density at radius 2 is 2.00 bits per heavy atom. The molecule has 1 aliphatic heterocycles. The zero-order valence-corrected chi connectivity index (χ0v) is 16.6. The minimum atomic E-state index is -2.32. The zero-order chi connectivity index (χ0) is 24.4. The molecule has 0 aliphatic carbocycles. The van der Waals surface area contributed by atoms with Crippen molar-refractivity contribution in [2.24, 2.45) is 0 Å². The minimum Gasteiger partial charge on any atom is -0.352 e. The molecule has 0 atom stereocenters. The number of nitrogens with zero attached hydrogens (tertiary/aromatic N) is 7.